The molecule has 1 unspecified atom stereocenters. The Morgan fingerprint density at radius 3 is 2.50 bits per heavy atom. The third-order valence-corrected chi connectivity index (χ3v) is 5.09. The van der Waals surface area contributed by atoms with E-state index >= 15 is 0 Å². The maximum absolute atomic E-state index is 12.0. The van der Waals surface area contributed by atoms with Gasteiger partial charge in [-0.2, -0.15) is 0 Å². The van der Waals surface area contributed by atoms with Crippen molar-refractivity contribution in [2.45, 2.75) is 20.3 Å². The van der Waals surface area contributed by atoms with Crippen molar-refractivity contribution in [1.29, 1.82) is 0 Å². The van der Waals surface area contributed by atoms with Crippen LogP contribution in [0.2, 0.25) is 0 Å². The van der Waals surface area contributed by atoms with Crippen molar-refractivity contribution < 1.29 is 4.79 Å². The Morgan fingerprint density at radius 2 is 2.14 bits per heavy atom. The van der Waals surface area contributed by atoms with E-state index in [-0.39, 0.29) is 17.1 Å². The van der Waals surface area contributed by atoms with Gasteiger partial charge in [0.2, 0.25) is 0 Å². The lowest BCUT2D eigenvalue weighted by molar-refractivity contribution is 0.0953. The van der Waals surface area contributed by atoms with Gasteiger partial charge in [0.1, 0.15) is 0 Å². The first-order valence-corrected chi connectivity index (χ1v) is 6.81. The highest BCUT2D eigenvalue weighted by Gasteiger charge is 2.50. The summed E-state index contributed by atoms with van der Waals surface area (Å²) in [5, 5.41) is 0. The summed E-state index contributed by atoms with van der Waals surface area (Å²) >= 11 is 8.36. The smallest absolute Gasteiger partial charge is 0.168 e. The van der Waals surface area contributed by atoms with E-state index in [4.69, 9.17) is 0 Å². The molecule has 0 saturated heterocycles. The molecule has 14 heavy (non-hydrogen) atoms. The average Bonchev–Trinajstić information content (AvgIpc) is 2.55. The molecule has 0 radical (unpaired) electrons. The predicted molar refractivity (Wildman–Crippen MR) is 65.9 cm³/mol. The molecule has 1 saturated carbocycles. The Balaban J connectivity index is 2.25. The van der Waals surface area contributed by atoms with Crippen LogP contribution >= 0.6 is 43.2 Å². The van der Waals surface area contributed by atoms with Crippen LogP contribution in [0.4, 0.5) is 0 Å². The lowest BCUT2D eigenvalue weighted by Gasteiger charge is -2.00. The number of thiophene rings is 1. The first-order chi connectivity index (χ1) is 6.42. The molecule has 0 N–H and O–H groups in total. The van der Waals surface area contributed by atoms with Gasteiger partial charge in [0.15, 0.2) is 5.78 Å². The molecular formula is C10H10Br2OS. The van der Waals surface area contributed by atoms with E-state index in [9.17, 15) is 4.79 Å². The topological polar surface area (TPSA) is 17.1 Å². The second-order valence-electron chi connectivity index (χ2n) is 4.35. The third-order valence-electron chi connectivity index (χ3n) is 2.75. The summed E-state index contributed by atoms with van der Waals surface area (Å²) in [6, 6.07) is 1.91. The van der Waals surface area contributed by atoms with Gasteiger partial charge in [-0.25, -0.2) is 0 Å². The van der Waals surface area contributed by atoms with Crippen molar-refractivity contribution in [3.63, 3.8) is 0 Å². The molecule has 1 aliphatic rings. The Kier molecular flexibility index (Phi) is 2.65. The quantitative estimate of drug-likeness (QED) is 0.726. The van der Waals surface area contributed by atoms with E-state index in [1.165, 1.54) is 0 Å². The van der Waals surface area contributed by atoms with Crippen LogP contribution in [-0.4, -0.2) is 5.78 Å². The van der Waals surface area contributed by atoms with Gasteiger partial charge >= 0.3 is 0 Å². The van der Waals surface area contributed by atoms with Gasteiger partial charge in [-0.1, -0.05) is 13.8 Å². The molecule has 0 aliphatic heterocycles. The van der Waals surface area contributed by atoms with Gasteiger partial charge in [-0.05, 0) is 49.8 Å². The van der Waals surface area contributed by atoms with Crippen LogP contribution in [0.5, 0.6) is 0 Å². The number of hydrogen-bond acceptors (Lipinski definition) is 2. The fourth-order valence-corrected chi connectivity index (χ4v) is 4.43. The molecule has 1 aromatic rings. The summed E-state index contributed by atoms with van der Waals surface area (Å²) in [4.78, 5) is 12.0. The van der Waals surface area contributed by atoms with Crippen LogP contribution in [0.25, 0.3) is 0 Å². The Labute approximate surface area is 104 Å². The van der Waals surface area contributed by atoms with Crippen molar-refractivity contribution in [2.24, 2.45) is 11.3 Å². The van der Waals surface area contributed by atoms with Crippen molar-refractivity contribution in [2.75, 3.05) is 0 Å². The second kappa shape index (κ2) is 3.42. The van der Waals surface area contributed by atoms with Crippen LogP contribution in [-0.2, 0) is 0 Å². The molecular weight excluding hydrogens is 328 g/mol. The predicted octanol–water partition coefficient (Wildman–Crippen LogP) is 4.50. The number of rotatable bonds is 2. The van der Waals surface area contributed by atoms with Gasteiger partial charge in [-0.15, -0.1) is 11.3 Å². The van der Waals surface area contributed by atoms with Crippen LogP contribution in [0.1, 0.15) is 30.6 Å². The SMILES string of the molecule is CC1(C)CC1C(=O)c1cc(Br)sc1Br. The highest BCUT2D eigenvalue weighted by molar-refractivity contribution is 9.12. The highest BCUT2D eigenvalue weighted by Crippen LogP contribution is 2.54. The molecule has 1 atom stereocenters. The maximum atomic E-state index is 12.0. The number of ketones is 1. The average molecular weight is 338 g/mol. The monoisotopic (exact) mass is 336 g/mol. The number of carbonyl (C=O) groups is 1. The largest absolute Gasteiger partial charge is 0.294 e. The second-order valence-corrected chi connectivity index (χ2v) is 8.10. The Morgan fingerprint density at radius 1 is 1.57 bits per heavy atom. The molecule has 0 aromatic carbocycles. The van der Waals surface area contributed by atoms with Crippen LogP contribution in [0.3, 0.4) is 0 Å². The lowest BCUT2D eigenvalue weighted by atomic mass is 10.0. The maximum Gasteiger partial charge on any atom is 0.168 e. The number of hydrogen-bond donors (Lipinski definition) is 0. The van der Waals surface area contributed by atoms with E-state index in [0.717, 1.165) is 19.6 Å². The number of Topliss-reactive ketones (excluding diaryl/α,β-unsaturated/α-hetero) is 1. The van der Waals surface area contributed by atoms with Gasteiger partial charge in [0, 0.05) is 11.5 Å². The van der Waals surface area contributed by atoms with Crippen molar-refractivity contribution in [3.8, 4) is 0 Å². The normalized spacial score (nSPS) is 23.6. The van der Waals surface area contributed by atoms with Crippen molar-refractivity contribution in [3.05, 3.63) is 19.2 Å². The molecule has 1 heterocycles. The van der Waals surface area contributed by atoms with Crippen molar-refractivity contribution in [1.82, 2.24) is 0 Å². The molecule has 1 nitrogen and oxygen atoms in total. The number of carbonyl (C=O) groups excluding carboxylic acids is 1. The van der Waals surface area contributed by atoms with Gasteiger partial charge in [0.05, 0.1) is 7.57 Å². The Hall–Kier alpha value is 0.330. The standard InChI is InChI=1S/C10H10Br2OS/c1-10(2)4-6(10)8(13)5-3-7(11)14-9(5)12/h3,6H,4H2,1-2H3. The van der Waals surface area contributed by atoms with E-state index in [1.807, 2.05) is 6.07 Å². The van der Waals surface area contributed by atoms with Gasteiger partial charge in [0.25, 0.3) is 0 Å². The highest BCUT2D eigenvalue weighted by atomic mass is 79.9. The molecule has 0 amide bonds. The Bertz CT molecular complexity index is 395. The van der Waals surface area contributed by atoms with Crippen LogP contribution < -0.4 is 0 Å². The first kappa shape index (κ1) is 10.8. The summed E-state index contributed by atoms with van der Waals surface area (Å²) in [5.74, 6) is 0.504. The molecule has 0 spiro atoms. The van der Waals surface area contributed by atoms with E-state index in [1.54, 1.807) is 11.3 Å². The summed E-state index contributed by atoms with van der Waals surface area (Å²) in [6.07, 6.45) is 1.02. The zero-order valence-corrected chi connectivity index (χ0v) is 11.9. The zero-order chi connectivity index (χ0) is 10.5. The van der Waals surface area contributed by atoms with Gasteiger partial charge < -0.3 is 0 Å². The molecule has 4 heteroatoms. The summed E-state index contributed by atoms with van der Waals surface area (Å²) in [7, 11) is 0. The summed E-state index contributed by atoms with van der Waals surface area (Å²) in [6.45, 7) is 4.29. The molecule has 1 aliphatic carbocycles. The van der Waals surface area contributed by atoms with E-state index in [2.05, 4.69) is 45.7 Å². The first-order valence-electron chi connectivity index (χ1n) is 4.41. The molecule has 2 rings (SSSR count). The number of halogens is 2. The summed E-state index contributed by atoms with van der Waals surface area (Å²) < 4.78 is 1.95. The van der Waals surface area contributed by atoms with Crippen molar-refractivity contribution >= 4 is 49.0 Å². The molecule has 0 bridgehead atoms. The fourth-order valence-electron chi connectivity index (χ4n) is 1.61. The molecule has 1 fully saturated rings. The zero-order valence-electron chi connectivity index (χ0n) is 7.93. The fraction of sp³-hybridized carbons (Fsp3) is 0.500. The third kappa shape index (κ3) is 1.84. The minimum Gasteiger partial charge on any atom is -0.294 e. The summed E-state index contributed by atoms with van der Waals surface area (Å²) in [5.41, 5.74) is 1.04. The van der Waals surface area contributed by atoms with Gasteiger partial charge in [-0.3, -0.25) is 4.79 Å². The minimum atomic E-state index is 0.213. The molecule has 1 aromatic heterocycles. The lowest BCUT2D eigenvalue weighted by Crippen LogP contribution is -2.05. The van der Waals surface area contributed by atoms with E-state index in [0.29, 0.717) is 0 Å². The van der Waals surface area contributed by atoms with Crippen LogP contribution in [0.15, 0.2) is 13.6 Å². The molecule has 76 valence electrons. The minimum absolute atomic E-state index is 0.213. The van der Waals surface area contributed by atoms with Crippen LogP contribution in [0, 0.1) is 11.3 Å². The van der Waals surface area contributed by atoms with E-state index < -0.39 is 0 Å².